The van der Waals surface area contributed by atoms with Gasteiger partial charge >= 0.3 is 0 Å². The molecule has 2 aromatic rings. The summed E-state index contributed by atoms with van der Waals surface area (Å²) in [7, 11) is 0. The first-order valence-corrected chi connectivity index (χ1v) is 7.17. The van der Waals surface area contributed by atoms with Crippen molar-refractivity contribution in [3.8, 4) is 0 Å². The third-order valence-electron chi connectivity index (χ3n) is 3.67. The summed E-state index contributed by atoms with van der Waals surface area (Å²) in [5.41, 5.74) is 8.08. The summed E-state index contributed by atoms with van der Waals surface area (Å²) in [6.07, 6.45) is 3.38. The van der Waals surface area contributed by atoms with Crippen molar-refractivity contribution in [2.75, 3.05) is 11.4 Å². The van der Waals surface area contributed by atoms with Crippen molar-refractivity contribution in [1.29, 1.82) is 0 Å². The molecule has 0 saturated carbocycles. The predicted molar refractivity (Wildman–Crippen MR) is 84.8 cm³/mol. The highest BCUT2D eigenvalue weighted by Crippen LogP contribution is 2.23. The van der Waals surface area contributed by atoms with Gasteiger partial charge in [-0.25, -0.2) is 0 Å². The first-order valence-electron chi connectivity index (χ1n) is 7.17. The highest BCUT2D eigenvalue weighted by Gasteiger charge is 2.26. The van der Waals surface area contributed by atoms with E-state index in [0.717, 1.165) is 11.3 Å². The van der Waals surface area contributed by atoms with Crippen LogP contribution in [0.15, 0.2) is 54.9 Å². The smallest absolute Gasteiger partial charge is 0.231 e. The van der Waals surface area contributed by atoms with Crippen molar-refractivity contribution in [2.24, 2.45) is 11.7 Å². The third kappa shape index (κ3) is 3.47. The fourth-order valence-corrected chi connectivity index (χ4v) is 2.35. The van der Waals surface area contributed by atoms with Crippen molar-refractivity contribution in [3.63, 3.8) is 0 Å². The second-order valence-corrected chi connectivity index (χ2v) is 5.01. The monoisotopic (exact) mass is 283 g/mol. The van der Waals surface area contributed by atoms with Crippen molar-refractivity contribution in [3.05, 3.63) is 60.4 Å². The van der Waals surface area contributed by atoms with E-state index in [1.165, 1.54) is 0 Å². The molecule has 4 nitrogen and oxygen atoms in total. The Morgan fingerprint density at radius 2 is 1.81 bits per heavy atom. The second kappa shape index (κ2) is 6.99. The van der Waals surface area contributed by atoms with Gasteiger partial charge in [-0.2, -0.15) is 0 Å². The molecule has 0 saturated heterocycles. The number of hydrogen-bond donors (Lipinski definition) is 1. The molecule has 0 fully saturated rings. The Kier molecular flexibility index (Phi) is 5.06. The van der Waals surface area contributed by atoms with Crippen molar-refractivity contribution >= 4 is 11.6 Å². The quantitative estimate of drug-likeness (QED) is 0.918. The summed E-state index contributed by atoms with van der Waals surface area (Å²) in [6, 6.07) is 13.1. The van der Waals surface area contributed by atoms with E-state index in [0.29, 0.717) is 6.54 Å². The van der Waals surface area contributed by atoms with E-state index in [-0.39, 0.29) is 17.9 Å². The molecular formula is C17H21N3O. The Morgan fingerprint density at radius 3 is 2.38 bits per heavy atom. The predicted octanol–water partition coefficient (Wildman–Crippen LogP) is 2.77. The van der Waals surface area contributed by atoms with Crippen molar-refractivity contribution < 1.29 is 4.79 Å². The number of carbonyl (C=O) groups is 1. The van der Waals surface area contributed by atoms with E-state index in [2.05, 4.69) is 4.98 Å². The van der Waals surface area contributed by atoms with E-state index in [1.807, 2.05) is 56.3 Å². The first-order chi connectivity index (χ1) is 10.1. The average molecular weight is 283 g/mol. The topological polar surface area (TPSA) is 59.2 Å². The van der Waals surface area contributed by atoms with E-state index < -0.39 is 0 Å². The Labute approximate surface area is 125 Å². The van der Waals surface area contributed by atoms with Crippen LogP contribution in [0.1, 0.15) is 25.5 Å². The Hall–Kier alpha value is -2.20. The van der Waals surface area contributed by atoms with Crippen LogP contribution in [0.4, 0.5) is 5.69 Å². The average Bonchev–Trinajstić information content (AvgIpc) is 2.56. The van der Waals surface area contributed by atoms with Crippen LogP contribution in [-0.2, 0) is 4.79 Å². The van der Waals surface area contributed by atoms with Crippen LogP contribution in [0.3, 0.4) is 0 Å². The highest BCUT2D eigenvalue weighted by molar-refractivity contribution is 5.95. The zero-order valence-electron chi connectivity index (χ0n) is 12.4. The molecule has 21 heavy (non-hydrogen) atoms. The van der Waals surface area contributed by atoms with Crippen LogP contribution < -0.4 is 10.6 Å². The lowest BCUT2D eigenvalue weighted by atomic mass is 9.94. The number of carbonyl (C=O) groups excluding carboxylic acids is 1. The lowest BCUT2D eigenvalue weighted by Gasteiger charge is -2.27. The van der Waals surface area contributed by atoms with Gasteiger partial charge in [-0.05, 0) is 24.6 Å². The molecule has 110 valence electrons. The summed E-state index contributed by atoms with van der Waals surface area (Å²) in [5.74, 6) is -0.263. The maximum absolute atomic E-state index is 12.7. The van der Waals surface area contributed by atoms with Gasteiger partial charge in [0.15, 0.2) is 0 Å². The zero-order chi connectivity index (χ0) is 15.2. The highest BCUT2D eigenvalue weighted by atomic mass is 16.2. The van der Waals surface area contributed by atoms with Gasteiger partial charge in [-0.3, -0.25) is 9.78 Å². The van der Waals surface area contributed by atoms with Crippen molar-refractivity contribution in [2.45, 2.75) is 19.9 Å². The van der Waals surface area contributed by atoms with Gasteiger partial charge in [0, 0.05) is 30.7 Å². The molecule has 4 heteroatoms. The molecule has 1 amide bonds. The normalized spacial score (nSPS) is 13.5. The molecule has 2 N–H and O–H groups in total. The van der Waals surface area contributed by atoms with Gasteiger partial charge in [0.2, 0.25) is 5.91 Å². The Bertz CT molecular complexity index is 571. The van der Waals surface area contributed by atoms with E-state index in [9.17, 15) is 4.79 Å². The number of benzene rings is 1. The summed E-state index contributed by atoms with van der Waals surface area (Å²) in [4.78, 5) is 18.4. The standard InChI is InChI=1S/C17H21N3O/c1-3-20(15-9-11-19-12-10-15)17(21)13(2)16(18)14-7-5-4-6-8-14/h4-13,16H,3,18H2,1-2H3. The van der Waals surface area contributed by atoms with Crippen LogP contribution in [0.25, 0.3) is 0 Å². The number of rotatable bonds is 5. The van der Waals surface area contributed by atoms with Crippen LogP contribution in [0.5, 0.6) is 0 Å². The molecule has 0 spiro atoms. The minimum Gasteiger partial charge on any atom is -0.323 e. The zero-order valence-corrected chi connectivity index (χ0v) is 12.4. The summed E-state index contributed by atoms with van der Waals surface area (Å²) in [5, 5.41) is 0. The van der Waals surface area contributed by atoms with Gasteiger partial charge in [0.05, 0.1) is 5.92 Å². The molecule has 0 aliphatic rings. The van der Waals surface area contributed by atoms with Gasteiger partial charge in [0.1, 0.15) is 0 Å². The summed E-state index contributed by atoms with van der Waals surface area (Å²) in [6.45, 7) is 4.44. The number of nitrogens with zero attached hydrogens (tertiary/aromatic N) is 2. The van der Waals surface area contributed by atoms with Crippen LogP contribution in [-0.4, -0.2) is 17.4 Å². The lowest BCUT2D eigenvalue weighted by molar-refractivity contribution is -0.122. The first kappa shape index (κ1) is 15.2. The van der Waals surface area contributed by atoms with Crippen LogP contribution >= 0.6 is 0 Å². The number of anilines is 1. The molecule has 1 aromatic heterocycles. The van der Waals surface area contributed by atoms with E-state index in [4.69, 9.17) is 5.73 Å². The molecule has 2 rings (SSSR count). The lowest BCUT2D eigenvalue weighted by Crippen LogP contribution is -2.39. The van der Waals surface area contributed by atoms with Gasteiger partial charge in [-0.15, -0.1) is 0 Å². The summed E-state index contributed by atoms with van der Waals surface area (Å²) >= 11 is 0. The molecule has 0 bridgehead atoms. The van der Waals surface area contributed by atoms with E-state index >= 15 is 0 Å². The van der Waals surface area contributed by atoms with Crippen molar-refractivity contribution in [1.82, 2.24) is 4.98 Å². The maximum Gasteiger partial charge on any atom is 0.231 e. The second-order valence-electron chi connectivity index (χ2n) is 5.01. The third-order valence-corrected chi connectivity index (χ3v) is 3.67. The van der Waals surface area contributed by atoms with Crippen LogP contribution in [0.2, 0.25) is 0 Å². The largest absolute Gasteiger partial charge is 0.323 e. The number of pyridine rings is 1. The van der Waals surface area contributed by atoms with Gasteiger partial charge < -0.3 is 10.6 Å². The number of nitrogens with two attached hydrogens (primary N) is 1. The van der Waals surface area contributed by atoms with Crippen LogP contribution in [0, 0.1) is 5.92 Å². The fourth-order valence-electron chi connectivity index (χ4n) is 2.35. The maximum atomic E-state index is 12.7. The minimum absolute atomic E-state index is 0.0278. The van der Waals surface area contributed by atoms with E-state index in [1.54, 1.807) is 17.3 Å². The molecule has 1 heterocycles. The van der Waals surface area contributed by atoms with Gasteiger partial charge in [-0.1, -0.05) is 37.3 Å². The molecule has 2 unspecified atom stereocenters. The molecule has 1 aromatic carbocycles. The Balaban J connectivity index is 2.18. The molecular weight excluding hydrogens is 262 g/mol. The molecule has 2 atom stereocenters. The number of amides is 1. The molecule has 0 aliphatic heterocycles. The molecule has 0 radical (unpaired) electrons. The SMILES string of the molecule is CCN(C(=O)C(C)C(N)c1ccccc1)c1ccncc1. The fraction of sp³-hybridized carbons (Fsp3) is 0.294. The summed E-state index contributed by atoms with van der Waals surface area (Å²) < 4.78 is 0. The number of hydrogen-bond acceptors (Lipinski definition) is 3. The minimum atomic E-state index is -0.311. The number of aromatic nitrogens is 1. The van der Waals surface area contributed by atoms with Gasteiger partial charge in [0.25, 0.3) is 0 Å². The Morgan fingerprint density at radius 1 is 1.19 bits per heavy atom. The molecule has 0 aliphatic carbocycles.